The number of H-pyrrole nitrogens is 1. The van der Waals surface area contributed by atoms with Crippen LogP contribution in [0.3, 0.4) is 0 Å². The maximum Gasteiger partial charge on any atom is 0.151 e. The standard InChI is InChI=1S/C6H7NO.C3H8O/c1-5-6(4-8)2-3-7-5;1-3-4-2/h2-4,7H,1H3;3H2,1-2H3. The van der Waals surface area contributed by atoms with Crippen LogP contribution in [0.4, 0.5) is 0 Å². The molecule has 0 unspecified atom stereocenters. The number of hydrogen-bond donors (Lipinski definition) is 1. The zero-order chi connectivity index (χ0) is 9.40. The zero-order valence-corrected chi connectivity index (χ0v) is 7.76. The minimum absolute atomic E-state index is 0.741. The van der Waals surface area contributed by atoms with Crippen LogP contribution in [-0.4, -0.2) is 25.0 Å². The Morgan fingerprint density at radius 1 is 1.67 bits per heavy atom. The van der Waals surface area contributed by atoms with E-state index in [1.807, 2.05) is 13.8 Å². The third-order valence-corrected chi connectivity index (χ3v) is 1.41. The molecular formula is C9H15NO2. The fraction of sp³-hybridized carbons (Fsp3) is 0.444. The molecule has 0 aliphatic carbocycles. The van der Waals surface area contributed by atoms with Crippen molar-refractivity contribution in [2.75, 3.05) is 13.7 Å². The average Bonchev–Trinajstić information content (AvgIpc) is 2.51. The molecule has 0 fully saturated rings. The Morgan fingerprint density at radius 2 is 2.25 bits per heavy atom. The number of nitrogens with one attached hydrogen (secondary N) is 1. The summed E-state index contributed by atoms with van der Waals surface area (Å²) < 4.78 is 4.54. The lowest BCUT2D eigenvalue weighted by atomic mass is 10.3. The number of hydrogen-bond acceptors (Lipinski definition) is 2. The summed E-state index contributed by atoms with van der Waals surface area (Å²) in [5.74, 6) is 0. The van der Waals surface area contributed by atoms with Crippen molar-refractivity contribution < 1.29 is 9.53 Å². The number of carbonyl (C=O) groups is 1. The molecule has 0 aliphatic rings. The van der Waals surface area contributed by atoms with Crippen molar-refractivity contribution >= 4 is 6.29 Å². The minimum Gasteiger partial charge on any atom is -0.385 e. The predicted octanol–water partition coefficient (Wildman–Crippen LogP) is 1.79. The monoisotopic (exact) mass is 169 g/mol. The van der Waals surface area contributed by atoms with E-state index < -0.39 is 0 Å². The van der Waals surface area contributed by atoms with Crippen molar-refractivity contribution in [1.29, 1.82) is 0 Å². The van der Waals surface area contributed by atoms with Crippen molar-refractivity contribution in [3.63, 3.8) is 0 Å². The maximum atomic E-state index is 10.1. The van der Waals surface area contributed by atoms with Crippen LogP contribution in [0.5, 0.6) is 0 Å². The number of aromatic nitrogens is 1. The fourth-order valence-electron chi connectivity index (χ4n) is 0.592. The number of rotatable bonds is 2. The second-order valence-electron chi connectivity index (χ2n) is 2.25. The first-order valence-corrected chi connectivity index (χ1v) is 3.84. The van der Waals surface area contributed by atoms with Gasteiger partial charge >= 0.3 is 0 Å². The van der Waals surface area contributed by atoms with E-state index in [1.165, 1.54) is 0 Å². The molecule has 0 saturated carbocycles. The van der Waals surface area contributed by atoms with Gasteiger partial charge in [0.05, 0.1) is 0 Å². The molecule has 1 N–H and O–H groups in total. The van der Waals surface area contributed by atoms with Crippen molar-refractivity contribution in [2.45, 2.75) is 13.8 Å². The normalized spacial score (nSPS) is 8.58. The number of aryl methyl sites for hydroxylation is 1. The maximum absolute atomic E-state index is 10.1. The first-order valence-electron chi connectivity index (χ1n) is 3.84. The molecule has 0 aromatic carbocycles. The largest absolute Gasteiger partial charge is 0.385 e. The quantitative estimate of drug-likeness (QED) is 0.686. The topological polar surface area (TPSA) is 42.1 Å². The third-order valence-electron chi connectivity index (χ3n) is 1.41. The molecule has 0 bridgehead atoms. The minimum atomic E-state index is 0.741. The average molecular weight is 169 g/mol. The lowest BCUT2D eigenvalue weighted by Crippen LogP contribution is -1.77. The number of ether oxygens (including phenoxy) is 1. The summed E-state index contributed by atoms with van der Waals surface area (Å²) in [6.07, 6.45) is 2.59. The van der Waals surface area contributed by atoms with Crippen LogP contribution < -0.4 is 0 Å². The van der Waals surface area contributed by atoms with Gasteiger partial charge in [-0.25, -0.2) is 0 Å². The molecule has 68 valence electrons. The Balaban J connectivity index is 0.000000261. The first kappa shape index (κ1) is 10.9. The van der Waals surface area contributed by atoms with E-state index in [2.05, 4.69) is 9.72 Å². The Morgan fingerprint density at radius 3 is 2.42 bits per heavy atom. The van der Waals surface area contributed by atoms with Gasteiger partial charge in [-0.3, -0.25) is 4.79 Å². The molecule has 0 atom stereocenters. The summed E-state index contributed by atoms with van der Waals surface area (Å²) in [7, 11) is 1.68. The van der Waals surface area contributed by atoms with Crippen LogP contribution in [-0.2, 0) is 4.74 Å². The van der Waals surface area contributed by atoms with Crippen molar-refractivity contribution in [1.82, 2.24) is 4.98 Å². The van der Waals surface area contributed by atoms with E-state index in [0.717, 1.165) is 24.2 Å². The summed E-state index contributed by atoms with van der Waals surface area (Å²) in [6.45, 7) is 4.64. The summed E-state index contributed by atoms with van der Waals surface area (Å²) >= 11 is 0. The molecule has 12 heavy (non-hydrogen) atoms. The molecule has 1 heterocycles. The highest BCUT2D eigenvalue weighted by Gasteiger charge is 1.92. The molecule has 3 nitrogen and oxygen atoms in total. The molecule has 3 heteroatoms. The second kappa shape index (κ2) is 6.61. The first-order chi connectivity index (χ1) is 5.76. The van der Waals surface area contributed by atoms with E-state index >= 15 is 0 Å². The lowest BCUT2D eigenvalue weighted by Gasteiger charge is -1.80. The van der Waals surface area contributed by atoms with Crippen molar-refractivity contribution in [3.8, 4) is 0 Å². The molecule has 1 aromatic heterocycles. The highest BCUT2D eigenvalue weighted by Crippen LogP contribution is 1.98. The van der Waals surface area contributed by atoms with E-state index in [4.69, 9.17) is 0 Å². The predicted molar refractivity (Wildman–Crippen MR) is 48.5 cm³/mol. The highest BCUT2D eigenvalue weighted by atomic mass is 16.5. The van der Waals surface area contributed by atoms with Gasteiger partial charge in [-0.1, -0.05) is 0 Å². The van der Waals surface area contributed by atoms with E-state index in [9.17, 15) is 4.79 Å². The van der Waals surface area contributed by atoms with Gasteiger partial charge in [0.15, 0.2) is 6.29 Å². The molecule has 0 amide bonds. The van der Waals surface area contributed by atoms with Crippen LogP contribution in [0.15, 0.2) is 12.3 Å². The van der Waals surface area contributed by atoms with Gasteiger partial charge in [0, 0.05) is 31.2 Å². The summed E-state index contributed by atoms with van der Waals surface area (Å²) in [4.78, 5) is 13.0. The summed E-state index contributed by atoms with van der Waals surface area (Å²) in [5, 5.41) is 0. The van der Waals surface area contributed by atoms with Crippen LogP contribution in [0.1, 0.15) is 23.0 Å². The second-order valence-corrected chi connectivity index (χ2v) is 2.25. The van der Waals surface area contributed by atoms with Gasteiger partial charge in [0.1, 0.15) is 0 Å². The Bertz CT molecular complexity index is 216. The lowest BCUT2D eigenvalue weighted by molar-refractivity contribution is 0.112. The third kappa shape index (κ3) is 3.93. The molecule has 0 aliphatic heterocycles. The molecule has 0 saturated heterocycles. The highest BCUT2D eigenvalue weighted by molar-refractivity contribution is 5.76. The van der Waals surface area contributed by atoms with Gasteiger partial charge < -0.3 is 9.72 Å². The molecule has 0 radical (unpaired) electrons. The van der Waals surface area contributed by atoms with E-state index in [-0.39, 0.29) is 0 Å². The Kier molecular flexibility index (Phi) is 6.01. The number of carbonyl (C=O) groups excluding carboxylic acids is 1. The fourth-order valence-corrected chi connectivity index (χ4v) is 0.592. The van der Waals surface area contributed by atoms with Crippen LogP contribution in [0, 0.1) is 6.92 Å². The van der Waals surface area contributed by atoms with Crippen LogP contribution in [0.2, 0.25) is 0 Å². The number of aromatic amines is 1. The number of aldehydes is 1. The van der Waals surface area contributed by atoms with Gasteiger partial charge in [-0.05, 0) is 19.9 Å². The van der Waals surface area contributed by atoms with Gasteiger partial charge in [0.2, 0.25) is 0 Å². The van der Waals surface area contributed by atoms with Crippen LogP contribution >= 0.6 is 0 Å². The molecule has 1 aromatic rings. The molecule has 1 rings (SSSR count). The van der Waals surface area contributed by atoms with Crippen molar-refractivity contribution in [3.05, 3.63) is 23.5 Å². The Hall–Kier alpha value is -1.09. The van der Waals surface area contributed by atoms with Gasteiger partial charge in [0.25, 0.3) is 0 Å². The van der Waals surface area contributed by atoms with Gasteiger partial charge in [-0.15, -0.1) is 0 Å². The zero-order valence-electron chi connectivity index (χ0n) is 7.76. The SMILES string of the molecule is CCOC.Cc1[nH]ccc1C=O. The number of methoxy groups -OCH3 is 1. The van der Waals surface area contributed by atoms with E-state index in [0.29, 0.717) is 0 Å². The molecule has 0 spiro atoms. The van der Waals surface area contributed by atoms with Crippen molar-refractivity contribution in [2.24, 2.45) is 0 Å². The van der Waals surface area contributed by atoms with Gasteiger partial charge in [-0.2, -0.15) is 0 Å². The summed E-state index contributed by atoms with van der Waals surface area (Å²) in [6, 6.07) is 1.75. The Labute approximate surface area is 72.7 Å². The van der Waals surface area contributed by atoms with Crippen LogP contribution in [0.25, 0.3) is 0 Å². The molecular weight excluding hydrogens is 154 g/mol. The smallest absolute Gasteiger partial charge is 0.151 e. The summed E-state index contributed by atoms with van der Waals surface area (Å²) in [5.41, 5.74) is 1.67. The van der Waals surface area contributed by atoms with E-state index in [1.54, 1.807) is 19.4 Å².